The minimum Gasteiger partial charge on any atom is -0.358 e. The van der Waals surface area contributed by atoms with E-state index in [9.17, 15) is 18.0 Å². The van der Waals surface area contributed by atoms with E-state index in [-0.39, 0.29) is 5.91 Å². The van der Waals surface area contributed by atoms with Gasteiger partial charge >= 0.3 is 6.18 Å². The molecule has 0 spiro atoms. The zero-order valence-corrected chi connectivity index (χ0v) is 21.8. The fourth-order valence-electron chi connectivity index (χ4n) is 4.66. The first-order valence-electron chi connectivity index (χ1n) is 12.5. The second kappa shape index (κ2) is 11.3. The first-order valence-corrected chi connectivity index (χ1v) is 13.0. The van der Waals surface area contributed by atoms with Gasteiger partial charge in [-0.25, -0.2) is 0 Å². The molecule has 1 amide bonds. The van der Waals surface area contributed by atoms with Crippen molar-refractivity contribution in [2.45, 2.75) is 25.7 Å². The molecule has 5 rings (SSSR count). The van der Waals surface area contributed by atoms with Crippen molar-refractivity contribution in [3.8, 4) is 11.1 Å². The molecule has 2 N–H and O–H groups in total. The number of carbonyl (C=O) groups is 1. The standard InChI is InChI=1S/C31H26F3N3OS/c32-31(33,34)25-13-10-22(11-14-25)27-8-4-5-9-28(27)29(38)36-26-15-12-24-20-37(17-16-23(24)18-26)30(39)35-19-21-6-2-1-3-7-21/h1-15,18H,16-17,19-20H2,(H,35,39)(H,36,38). The number of anilines is 1. The number of halogens is 3. The van der Waals surface area contributed by atoms with Crippen LogP contribution >= 0.6 is 12.2 Å². The summed E-state index contributed by atoms with van der Waals surface area (Å²) in [7, 11) is 0. The van der Waals surface area contributed by atoms with Gasteiger partial charge < -0.3 is 15.5 Å². The van der Waals surface area contributed by atoms with E-state index in [1.165, 1.54) is 12.1 Å². The van der Waals surface area contributed by atoms with Crippen molar-refractivity contribution in [1.82, 2.24) is 10.2 Å². The number of nitrogens with zero attached hydrogens (tertiary/aromatic N) is 1. The zero-order chi connectivity index (χ0) is 27.4. The number of rotatable bonds is 5. The number of hydrogen-bond acceptors (Lipinski definition) is 2. The molecular formula is C31H26F3N3OS. The van der Waals surface area contributed by atoms with E-state index in [0.717, 1.165) is 41.8 Å². The Bertz CT molecular complexity index is 1490. The van der Waals surface area contributed by atoms with E-state index < -0.39 is 11.7 Å². The summed E-state index contributed by atoms with van der Waals surface area (Å²) in [5, 5.41) is 6.99. The molecule has 198 valence electrons. The maximum atomic E-state index is 13.2. The van der Waals surface area contributed by atoms with Gasteiger partial charge in [0.15, 0.2) is 5.11 Å². The summed E-state index contributed by atoms with van der Waals surface area (Å²) in [6.45, 7) is 2.12. The van der Waals surface area contributed by atoms with E-state index >= 15 is 0 Å². The first-order chi connectivity index (χ1) is 18.8. The highest BCUT2D eigenvalue weighted by molar-refractivity contribution is 7.80. The normalized spacial score (nSPS) is 12.9. The Morgan fingerprint density at radius 2 is 1.59 bits per heavy atom. The van der Waals surface area contributed by atoms with Gasteiger partial charge in [-0.3, -0.25) is 4.79 Å². The molecule has 0 fully saturated rings. The summed E-state index contributed by atoms with van der Waals surface area (Å²) >= 11 is 5.62. The number of hydrogen-bond donors (Lipinski definition) is 2. The number of thiocarbonyl (C=S) groups is 1. The minimum atomic E-state index is -4.41. The SMILES string of the molecule is O=C(Nc1ccc2c(c1)CCN(C(=S)NCc1ccccc1)C2)c1ccccc1-c1ccc(C(F)(F)F)cc1. The molecule has 1 aliphatic rings. The Labute approximate surface area is 230 Å². The Balaban J connectivity index is 1.25. The van der Waals surface area contributed by atoms with Crippen LogP contribution in [0.3, 0.4) is 0 Å². The fraction of sp³-hybridized carbons (Fsp3) is 0.161. The third-order valence-corrected chi connectivity index (χ3v) is 7.15. The molecule has 0 aromatic heterocycles. The molecular weight excluding hydrogens is 519 g/mol. The Morgan fingerprint density at radius 1 is 0.872 bits per heavy atom. The third kappa shape index (κ3) is 6.29. The Hall–Kier alpha value is -4.17. The van der Waals surface area contributed by atoms with Crippen LogP contribution in [-0.2, 0) is 25.7 Å². The van der Waals surface area contributed by atoms with E-state index in [1.807, 2.05) is 36.4 Å². The predicted octanol–water partition coefficient (Wildman–Crippen LogP) is 7.06. The van der Waals surface area contributed by atoms with Crippen molar-refractivity contribution < 1.29 is 18.0 Å². The van der Waals surface area contributed by atoms with E-state index in [1.54, 1.807) is 24.3 Å². The van der Waals surface area contributed by atoms with E-state index in [2.05, 4.69) is 27.7 Å². The molecule has 0 bridgehead atoms. The average Bonchev–Trinajstić information content (AvgIpc) is 2.95. The summed E-state index contributed by atoms with van der Waals surface area (Å²) in [5.41, 5.74) is 4.88. The van der Waals surface area contributed by atoms with Crippen molar-refractivity contribution in [3.05, 3.63) is 125 Å². The average molecular weight is 546 g/mol. The van der Waals surface area contributed by atoms with Gasteiger partial charge in [0.2, 0.25) is 0 Å². The van der Waals surface area contributed by atoms with Crippen LogP contribution in [-0.4, -0.2) is 22.5 Å². The van der Waals surface area contributed by atoms with Gasteiger partial charge in [0.05, 0.1) is 5.56 Å². The lowest BCUT2D eigenvalue weighted by Gasteiger charge is -2.31. The van der Waals surface area contributed by atoms with Crippen LogP contribution in [0.25, 0.3) is 11.1 Å². The number of carbonyl (C=O) groups excluding carboxylic acids is 1. The first kappa shape index (κ1) is 26.4. The van der Waals surface area contributed by atoms with Crippen molar-refractivity contribution in [3.63, 3.8) is 0 Å². The molecule has 0 unspecified atom stereocenters. The van der Waals surface area contributed by atoms with Crippen LogP contribution in [0.5, 0.6) is 0 Å². The second-order valence-corrected chi connectivity index (χ2v) is 9.76. The van der Waals surface area contributed by atoms with Crippen molar-refractivity contribution in [2.75, 3.05) is 11.9 Å². The molecule has 0 aliphatic carbocycles. The largest absolute Gasteiger partial charge is 0.416 e. The van der Waals surface area contributed by atoms with Gasteiger partial charge in [-0.05, 0) is 76.8 Å². The summed E-state index contributed by atoms with van der Waals surface area (Å²) in [6, 6.07) is 27.7. The van der Waals surface area contributed by atoms with Crippen LogP contribution in [0.1, 0.15) is 32.6 Å². The lowest BCUT2D eigenvalue weighted by atomic mass is 9.97. The fourth-order valence-corrected chi connectivity index (χ4v) is 4.89. The van der Waals surface area contributed by atoms with E-state index in [4.69, 9.17) is 12.2 Å². The highest BCUT2D eigenvalue weighted by Gasteiger charge is 2.30. The summed E-state index contributed by atoms with van der Waals surface area (Å²) in [4.78, 5) is 15.3. The van der Waals surface area contributed by atoms with Gasteiger partial charge in [-0.1, -0.05) is 66.7 Å². The predicted molar refractivity (Wildman–Crippen MR) is 151 cm³/mol. The number of benzene rings is 4. The lowest BCUT2D eigenvalue weighted by molar-refractivity contribution is -0.137. The highest BCUT2D eigenvalue weighted by Crippen LogP contribution is 2.32. The lowest BCUT2D eigenvalue weighted by Crippen LogP contribution is -2.42. The molecule has 0 saturated carbocycles. The van der Waals surface area contributed by atoms with Crippen molar-refractivity contribution in [1.29, 1.82) is 0 Å². The van der Waals surface area contributed by atoms with E-state index in [0.29, 0.717) is 40.6 Å². The maximum absolute atomic E-state index is 13.2. The van der Waals surface area contributed by atoms with Crippen LogP contribution in [0.15, 0.2) is 97.1 Å². The maximum Gasteiger partial charge on any atom is 0.416 e. The monoisotopic (exact) mass is 545 g/mol. The minimum absolute atomic E-state index is 0.325. The Kier molecular flexibility index (Phi) is 7.65. The number of amides is 1. The topological polar surface area (TPSA) is 44.4 Å². The molecule has 0 atom stereocenters. The highest BCUT2D eigenvalue weighted by atomic mass is 32.1. The third-order valence-electron chi connectivity index (χ3n) is 6.75. The molecule has 39 heavy (non-hydrogen) atoms. The molecule has 1 aliphatic heterocycles. The number of fused-ring (bicyclic) bond motifs is 1. The Morgan fingerprint density at radius 3 is 2.33 bits per heavy atom. The van der Waals surface area contributed by atoms with Crippen LogP contribution in [0, 0.1) is 0 Å². The number of nitrogens with one attached hydrogen (secondary N) is 2. The molecule has 4 aromatic rings. The second-order valence-electron chi connectivity index (χ2n) is 9.37. The van der Waals surface area contributed by atoms with Crippen molar-refractivity contribution >= 4 is 28.9 Å². The van der Waals surface area contributed by atoms with Crippen LogP contribution in [0.2, 0.25) is 0 Å². The van der Waals surface area contributed by atoms with Gasteiger partial charge in [0, 0.05) is 30.9 Å². The van der Waals surface area contributed by atoms with Gasteiger partial charge in [-0.2, -0.15) is 13.2 Å². The van der Waals surface area contributed by atoms with Crippen molar-refractivity contribution in [2.24, 2.45) is 0 Å². The number of alkyl halides is 3. The molecule has 1 heterocycles. The molecule has 8 heteroatoms. The summed E-state index contributed by atoms with van der Waals surface area (Å²) in [5.74, 6) is -0.325. The van der Waals surface area contributed by atoms with Crippen LogP contribution in [0.4, 0.5) is 18.9 Å². The quantitative estimate of drug-likeness (QED) is 0.264. The smallest absolute Gasteiger partial charge is 0.358 e. The van der Waals surface area contributed by atoms with Gasteiger partial charge in [0.25, 0.3) is 5.91 Å². The summed E-state index contributed by atoms with van der Waals surface area (Å²) < 4.78 is 38.9. The molecule has 4 aromatic carbocycles. The molecule has 4 nitrogen and oxygen atoms in total. The van der Waals surface area contributed by atoms with Gasteiger partial charge in [0.1, 0.15) is 0 Å². The molecule has 0 saturated heterocycles. The van der Waals surface area contributed by atoms with Gasteiger partial charge in [-0.15, -0.1) is 0 Å². The zero-order valence-electron chi connectivity index (χ0n) is 21.0. The van der Waals surface area contributed by atoms with Crippen LogP contribution < -0.4 is 10.6 Å². The summed E-state index contributed by atoms with van der Waals surface area (Å²) in [6.07, 6.45) is -3.63. The molecule has 0 radical (unpaired) electrons.